The Labute approximate surface area is 146 Å². The summed E-state index contributed by atoms with van der Waals surface area (Å²) in [6.07, 6.45) is 0. The van der Waals surface area contributed by atoms with Crippen LogP contribution in [0.15, 0.2) is 76.9 Å². The van der Waals surface area contributed by atoms with Crippen LogP contribution in [0.1, 0.15) is 0 Å². The number of benzene rings is 2. The van der Waals surface area contributed by atoms with E-state index in [1.54, 1.807) is 15.9 Å². The van der Waals surface area contributed by atoms with Crippen molar-refractivity contribution in [3.05, 3.63) is 82.5 Å². The van der Waals surface area contributed by atoms with Gasteiger partial charge >= 0.3 is 0 Å². The van der Waals surface area contributed by atoms with Gasteiger partial charge in [0.2, 0.25) is 5.78 Å². The maximum Gasteiger partial charge on any atom is 0.267 e. The molecule has 3 aromatic heterocycles. The van der Waals surface area contributed by atoms with Crippen LogP contribution in [-0.2, 0) is 0 Å². The molecule has 0 bridgehead atoms. The molecule has 0 aliphatic rings. The molecule has 0 atom stereocenters. The predicted molar refractivity (Wildman–Crippen MR) is 99.4 cm³/mol. The normalized spacial score (nSPS) is 11.4. The molecular weight excluding hydrogens is 332 g/mol. The van der Waals surface area contributed by atoms with Crippen molar-refractivity contribution in [2.24, 2.45) is 0 Å². The summed E-state index contributed by atoms with van der Waals surface area (Å²) in [4.78, 5) is 14.1. The summed E-state index contributed by atoms with van der Waals surface area (Å²) in [5.41, 5.74) is 1.48. The zero-order chi connectivity index (χ0) is 16.8. The summed E-state index contributed by atoms with van der Waals surface area (Å²) in [7, 11) is 0. The zero-order valence-corrected chi connectivity index (χ0v) is 13.9. The molecule has 0 aliphatic carbocycles. The Bertz CT molecular complexity index is 1250. The Hall–Kier alpha value is -3.25. The second-order valence-electron chi connectivity index (χ2n) is 5.63. The van der Waals surface area contributed by atoms with Crippen molar-refractivity contribution in [2.75, 3.05) is 0 Å². The second kappa shape index (κ2) is 5.39. The summed E-state index contributed by atoms with van der Waals surface area (Å²) in [5, 5.41) is 11.4. The van der Waals surface area contributed by atoms with E-state index in [9.17, 15) is 4.79 Å². The van der Waals surface area contributed by atoms with Crippen LogP contribution in [0.3, 0.4) is 0 Å². The molecular formula is C19H12N4OS. The number of aromatic nitrogens is 4. The minimum Gasteiger partial charge on any atom is -0.268 e. The lowest BCUT2D eigenvalue weighted by atomic mass is 10.2. The number of fused-ring (bicyclic) bond motifs is 3. The molecule has 120 valence electrons. The first-order chi connectivity index (χ1) is 12.3. The highest BCUT2D eigenvalue weighted by Crippen LogP contribution is 2.26. The Morgan fingerprint density at radius 1 is 0.840 bits per heavy atom. The summed E-state index contributed by atoms with van der Waals surface area (Å²) >= 11 is 1.60. The summed E-state index contributed by atoms with van der Waals surface area (Å²) in [6, 6.07) is 21.1. The van der Waals surface area contributed by atoms with E-state index in [0.717, 1.165) is 21.9 Å². The fourth-order valence-corrected chi connectivity index (χ4v) is 3.78. The van der Waals surface area contributed by atoms with Crippen LogP contribution in [0.25, 0.3) is 33.1 Å². The van der Waals surface area contributed by atoms with E-state index in [0.29, 0.717) is 11.2 Å². The summed E-state index contributed by atoms with van der Waals surface area (Å²) in [6.45, 7) is 0. The van der Waals surface area contributed by atoms with Gasteiger partial charge in [-0.1, -0.05) is 36.4 Å². The number of thiophene rings is 1. The van der Waals surface area contributed by atoms with Crippen molar-refractivity contribution in [2.45, 2.75) is 0 Å². The molecule has 0 amide bonds. The van der Waals surface area contributed by atoms with E-state index in [1.165, 1.54) is 0 Å². The van der Waals surface area contributed by atoms with Crippen LogP contribution in [0.2, 0.25) is 0 Å². The molecule has 0 saturated carbocycles. The average Bonchev–Trinajstić information content (AvgIpc) is 3.32. The van der Waals surface area contributed by atoms with E-state index >= 15 is 0 Å². The summed E-state index contributed by atoms with van der Waals surface area (Å²) < 4.78 is 3.57. The molecule has 0 spiro atoms. The van der Waals surface area contributed by atoms with Crippen molar-refractivity contribution >= 4 is 28.0 Å². The van der Waals surface area contributed by atoms with Crippen LogP contribution in [-0.4, -0.2) is 19.2 Å². The lowest BCUT2D eigenvalue weighted by Gasteiger charge is -2.11. The Kier molecular flexibility index (Phi) is 3.05. The molecule has 0 saturated heterocycles. The molecule has 5 nitrogen and oxygen atoms in total. The maximum atomic E-state index is 13.1. The molecule has 2 aromatic carbocycles. The van der Waals surface area contributed by atoms with Crippen LogP contribution in [0.4, 0.5) is 0 Å². The van der Waals surface area contributed by atoms with Gasteiger partial charge in [-0.25, -0.2) is 4.57 Å². The van der Waals surface area contributed by atoms with E-state index in [-0.39, 0.29) is 5.56 Å². The van der Waals surface area contributed by atoms with Crippen LogP contribution < -0.4 is 5.56 Å². The number of hydrogen-bond acceptors (Lipinski definition) is 4. The summed E-state index contributed by atoms with van der Waals surface area (Å²) in [5.74, 6) is 1.25. The third-order valence-corrected chi connectivity index (χ3v) is 5.05. The molecule has 6 heteroatoms. The SMILES string of the molecule is O=c1c2ccccc2n2c(-c3cccs3)nnc2n1-c1ccccc1. The highest BCUT2D eigenvalue weighted by atomic mass is 32.1. The zero-order valence-electron chi connectivity index (χ0n) is 13.0. The van der Waals surface area contributed by atoms with Crippen LogP contribution in [0.5, 0.6) is 0 Å². The smallest absolute Gasteiger partial charge is 0.267 e. The maximum absolute atomic E-state index is 13.1. The van der Waals surface area contributed by atoms with Gasteiger partial charge in [0.1, 0.15) is 0 Å². The quantitative estimate of drug-likeness (QED) is 0.490. The second-order valence-corrected chi connectivity index (χ2v) is 6.58. The first-order valence-corrected chi connectivity index (χ1v) is 8.71. The Balaban J connectivity index is 2.01. The van der Waals surface area contributed by atoms with Gasteiger partial charge in [-0.05, 0) is 35.7 Å². The molecule has 0 N–H and O–H groups in total. The van der Waals surface area contributed by atoms with Gasteiger partial charge in [-0.3, -0.25) is 9.20 Å². The Morgan fingerprint density at radius 2 is 1.64 bits per heavy atom. The topological polar surface area (TPSA) is 52.2 Å². The minimum atomic E-state index is -0.0978. The average molecular weight is 344 g/mol. The lowest BCUT2D eigenvalue weighted by molar-refractivity contribution is 0.967. The molecule has 5 aromatic rings. The third-order valence-electron chi connectivity index (χ3n) is 4.18. The molecule has 0 aliphatic heterocycles. The van der Waals surface area contributed by atoms with Crippen molar-refractivity contribution in [3.63, 3.8) is 0 Å². The number of hydrogen-bond donors (Lipinski definition) is 0. The lowest BCUT2D eigenvalue weighted by Crippen LogP contribution is -2.21. The van der Waals surface area contributed by atoms with E-state index in [1.807, 2.05) is 76.5 Å². The van der Waals surface area contributed by atoms with Gasteiger partial charge in [0, 0.05) is 0 Å². The van der Waals surface area contributed by atoms with Gasteiger partial charge in [0.15, 0.2) is 5.82 Å². The molecule has 0 fully saturated rings. The third kappa shape index (κ3) is 2.04. The molecule has 5 rings (SSSR count). The monoisotopic (exact) mass is 344 g/mol. The molecule has 25 heavy (non-hydrogen) atoms. The van der Waals surface area contributed by atoms with E-state index in [4.69, 9.17) is 0 Å². The highest BCUT2D eigenvalue weighted by molar-refractivity contribution is 7.13. The van der Waals surface area contributed by atoms with Gasteiger partial charge in [-0.15, -0.1) is 21.5 Å². The molecule has 0 unspecified atom stereocenters. The van der Waals surface area contributed by atoms with Crippen molar-refractivity contribution in [1.82, 2.24) is 19.2 Å². The minimum absolute atomic E-state index is 0.0978. The highest BCUT2D eigenvalue weighted by Gasteiger charge is 2.18. The van der Waals surface area contributed by atoms with E-state index in [2.05, 4.69) is 10.2 Å². The first-order valence-electron chi connectivity index (χ1n) is 7.83. The number of rotatable bonds is 2. The first kappa shape index (κ1) is 14.1. The van der Waals surface area contributed by atoms with Gasteiger partial charge in [0.25, 0.3) is 5.56 Å². The van der Waals surface area contributed by atoms with Gasteiger partial charge in [-0.2, -0.15) is 0 Å². The van der Waals surface area contributed by atoms with Crippen molar-refractivity contribution in [3.8, 4) is 16.4 Å². The standard InChI is InChI=1S/C19H12N4OS/c24-18-14-9-4-5-10-15(14)23-17(16-11-6-12-25-16)20-21-19(23)22(18)13-7-2-1-3-8-13/h1-12H. The number of para-hydroxylation sites is 2. The molecule has 0 radical (unpaired) electrons. The van der Waals surface area contributed by atoms with Crippen LogP contribution >= 0.6 is 11.3 Å². The van der Waals surface area contributed by atoms with Gasteiger partial charge < -0.3 is 0 Å². The van der Waals surface area contributed by atoms with Crippen molar-refractivity contribution < 1.29 is 0 Å². The largest absolute Gasteiger partial charge is 0.268 e. The Morgan fingerprint density at radius 3 is 2.44 bits per heavy atom. The molecule has 3 heterocycles. The van der Waals surface area contributed by atoms with Crippen molar-refractivity contribution in [1.29, 1.82) is 0 Å². The van der Waals surface area contributed by atoms with E-state index < -0.39 is 0 Å². The van der Waals surface area contributed by atoms with Gasteiger partial charge in [0.05, 0.1) is 21.5 Å². The number of nitrogens with zero attached hydrogens (tertiary/aromatic N) is 4. The fourth-order valence-electron chi connectivity index (χ4n) is 3.08. The predicted octanol–water partition coefficient (Wildman–Crippen LogP) is 3.76. The fraction of sp³-hybridized carbons (Fsp3) is 0. The van der Waals surface area contributed by atoms with Crippen LogP contribution in [0, 0.1) is 0 Å².